The van der Waals surface area contributed by atoms with Crippen LogP contribution >= 0.6 is 0 Å². The van der Waals surface area contributed by atoms with Crippen LogP contribution in [0, 0.1) is 5.92 Å². The maximum absolute atomic E-state index is 13.0. The van der Waals surface area contributed by atoms with E-state index in [9.17, 15) is 19.2 Å². The summed E-state index contributed by atoms with van der Waals surface area (Å²) < 4.78 is 10.7. The van der Waals surface area contributed by atoms with Crippen LogP contribution in [0.5, 0.6) is 0 Å². The number of ketones is 1. The van der Waals surface area contributed by atoms with E-state index >= 15 is 0 Å². The van der Waals surface area contributed by atoms with Crippen molar-refractivity contribution in [2.24, 2.45) is 5.92 Å². The van der Waals surface area contributed by atoms with E-state index in [0.717, 1.165) is 5.56 Å². The monoisotopic (exact) mass is 489 g/mol. The number of carbonyl (C=O) groups excluding carboxylic acids is 4. The Bertz CT molecular complexity index is 881. The molecule has 0 radical (unpaired) electrons. The van der Waals surface area contributed by atoms with Gasteiger partial charge in [-0.15, -0.1) is 0 Å². The van der Waals surface area contributed by atoms with E-state index in [1.165, 1.54) is 4.90 Å². The number of hydrogen-bond donors (Lipinski definition) is 2. The summed E-state index contributed by atoms with van der Waals surface area (Å²) in [4.78, 5) is 52.3. The highest BCUT2D eigenvalue weighted by atomic mass is 16.6. The van der Waals surface area contributed by atoms with Crippen LogP contribution in [0.25, 0.3) is 0 Å². The molecule has 3 atom stereocenters. The molecule has 194 valence electrons. The van der Waals surface area contributed by atoms with Crippen molar-refractivity contribution in [1.82, 2.24) is 15.5 Å². The van der Waals surface area contributed by atoms with E-state index in [4.69, 9.17) is 9.47 Å². The normalized spacial score (nSPS) is 19.5. The van der Waals surface area contributed by atoms with Crippen LogP contribution in [0.2, 0.25) is 0 Å². The number of likely N-dealkylation sites (tertiary alicyclic amines) is 1. The first kappa shape index (κ1) is 28.1. The Kier molecular flexibility index (Phi) is 10.1. The average Bonchev–Trinajstić information content (AvgIpc) is 2.89. The summed E-state index contributed by atoms with van der Waals surface area (Å²) >= 11 is 0. The number of hydrogen-bond acceptors (Lipinski definition) is 6. The Morgan fingerprint density at radius 2 is 1.77 bits per heavy atom. The topological polar surface area (TPSA) is 114 Å². The van der Waals surface area contributed by atoms with Crippen LogP contribution in [0.4, 0.5) is 9.59 Å². The number of benzene rings is 1. The lowest BCUT2D eigenvalue weighted by Crippen LogP contribution is -2.53. The molecule has 0 spiro atoms. The van der Waals surface area contributed by atoms with Crippen LogP contribution in [-0.2, 0) is 25.7 Å². The second kappa shape index (κ2) is 12.6. The zero-order chi connectivity index (χ0) is 26.2. The molecular formula is C26H39N3O6. The molecule has 1 saturated heterocycles. The fraction of sp³-hybridized carbons (Fsp3) is 0.615. The third-order valence-electron chi connectivity index (χ3n) is 5.59. The van der Waals surface area contributed by atoms with Crippen molar-refractivity contribution in [3.05, 3.63) is 35.9 Å². The van der Waals surface area contributed by atoms with Gasteiger partial charge in [0.05, 0.1) is 12.6 Å². The van der Waals surface area contributed by atoms with Crippen molar-refractivity contribution in [2.45, 2.75) is 91.1 Å². The molecule has 3 amide bonds. The van der Waals surface area contributed by atoms with E-state index in [1.54, 1.807) is 20.8 Å². The third-order valence-corrected chi connectivity index (χ3v) is 5.59. The summed E-state index contributed by atoms with van der Waals surface area (Å²) in [6.45, 7) is 10.9. The summed E-state index contributed by atoms with van der Waals surface area (Å²) in [6, 6.07) is 7.48. The minimum absolute atomic E-state index is 0.116. The van der Waals surface area contributed by atoms with Gasteiger partial charge in [0.1, 0.15) is 18.2 Å². The Balaban J connectivity index is 2.00. The van der Waals surface area contributed by atoms with Crippen LogP contribution in [0.15, 0.2) is 30.3 Å². The molecule has 1 aliphatic heterocycles. The number of nitrogens with zero attached hydrogens (tertiary/aromatic N) is 1. The molecule has 1 aromatic carbocycles. The van der Waals surface area contributed by atoms with Gasteiger partial charge in [0.2, 0.25) is 5.91 Å². The molecule has 9 nitrogen and oxygen atoms in total. The van der Waals surface area contributed by atoms with Gasteiger partial charge in [-0.25, -0.2) is 9.59 Å². The fourth-order valence-electron chi connectivity index (χ4n) is 3.78. The minimum Gasteiger partial charge on any atom is -0.445 e. The molecule has 0 aromatic heterocycles. The predicted molar refractivity (Wildman–Crippen MR) is 132 cm³/mol. The molecule has 0 saturated carbocycles. The lowest BCUT2D eigenvalue weighted by Gasteiger charge is -2.26. The van der Waals surface area contributed by atoms with Crippen LogP contribution in [-0.4, -0.2) is 59.0 Å². The van der Waals surface area contributed by atoms with Crippen molar-refractivity contribution in [3.63, 3.8) is 0 Å². The Labute approximate surface area is 207 Å². The smallest absolute Gasteiger partial charge is 0.410 e. The number of nitrogens with one attached hydrogen (secondary N) is 2. The molecule has 1 aromatic rings. The molecular weight excluding hydrogens is 450 g/mol. The third kappa shape index (κ3) is 9.58. The number of alkyl carbamates (subject to hydrolysis) is 1. The highest BCUT2D eigenvalue weighted by Gasteiger charge is 2.34. The fourth-order valence-corrected chi connectivity index (χ4v) is 3.78. The first-order valence-electron chi connectivity index (χ1n) is 12.2. The molecule has 1 fully saturated rings. The van der Waals surface area contributed by atoms with Gasteiger partial charge < -0.3 is 20.1 Å². The number of rotatable bonds is 7. The van der Waals surface area contributed by atoms with Crippen LogP contribution < -0.4 is 10.6 Å². The molecule has 2 N–H and O–H groups in total. The van der Waals surface area contributed by atoms with E-state index in [1.807, 2.05) is 51.1 Å². The van der Waals surface area contributed by atoms with E-state index in [-0.39, 0.29) is 30.9 Å². The van der Waals surface area contributed by atoms with Gasteiger partial charge in [-0.2, -0.15) is 0 Å². The molecule has 9 heteroatoms. The summed E-state index contributed by atoms with van der Waals surface area (Å²) in [6.07, 6.45) is 0.0401. The highest BCUT2D eigenvalue weighted by molar-refractivity contribution is 5.94. The van der Waals surface area contributed by atoms with Crippen LogP contribution in [0.3, 0.4) is 0 Å². The van der Waals surface area contributed by atoms with Gasteiger partial charge in [-0.1, -0.05) is 44.2 Å². The van der Waals surface area contributed by atoms with E-state index in [0.29, 0.717) is 19.3 Å². The second-order valence-electron chi connectivity index (χ2n) is 10.5. The minimum atomic E-state index is -0.842. The first-order valence-corrected chi connectivity index (χ1v) is 12.2. The molecule has 3 unspecified atom stereocenters. The second-order valence-corrected chi connectivity index (χ2v) is 10.5. The van der Waals surface area contributed by atoms with Crippen LogP contribution in [0.1, 0.15) is 66.4 Å². The van der Waals surface area contributed by atoms with Gasteiger partial charge in [-0.05, 0) is 58.4 Å². The average molecular weight is 490 g/mol. The maximum atomic E-state index is 13.0. The predicted octanol–water partition coefficient (Wildman–Crippen LogP) is 3.80. The Morgan fingerprint density at radius 3 is 2.37 bits per heavy atom. The van der Waals surface area contributed by atoms with Gasteiger partial charge in [0, 0.05) is 6.04 Å². The van der Waals surface area contributed by atoms with Crippen molar-refractivity contribution >= 4 is 23.9 Å². The molecule has 0 bridgehead atoms. The summed E-state index contributed by atoms with van der Waals surface area (Å²) in [7, 11) is 0. The zero-order valence-corrected chi connectivity index (χ0v) is 21.6. The first-order chi connectivity index (χ1) is 16.4. The number of carbonyl (C=O) groups is 4. The van der Waals surface area contributed by atoms with E-state index in [2.05, 4.69) is 10.6 Å². The van der Waals surface area contributed by atoms with Gasteiger partial charge in [0.15, 0.2) is 5.78 Å². The summed E-state index contributed by atoms with van der Waals surface area (Å²) in [5, 5.41) is 5.41. The van der Waals surface area contributed by atoms with Crippen molar-refractivity contribution in [1.29, 1.82) is 0 Å². The van der Waals surface area contributed by atoms with Crippen molar-refractivity contribution in [3.8, 4) is 0 Å². The lowest BCUT2D eigenvalue weighted by atomic mass is 10.0. The molecule has 1 aliphatic rings. The highest BCUT2D eigenvalue weighted by Crippen LogP contribution is 2.18. The molecule has 2 rings (SSSR count). The number of ether oxygens (including phenoxy) is 2. The molecule has 1 heterocycles. The van der Waals surface area contributed by atoms with Crippen molar-refractivity contribution < 1.29 is 28.7 Å². The lowest BCUT2D eigenvalue weighted by molar-refractivity contribution is -0.129. The number of amides is 3. The summed E-state index contributed by atoms with van der Waals surface area (Å²) in [5.41, 5.74) is 0.156. The Hall–Kier alpha value is -3.10. The zero-order valence-electron chi connectivity index (χ0n) is 21.6. The van der Waals surface area contributed by atoms with Gasteiger partial charge >= 0.3 is 12.2 Å². The van der Waals surface area contributed by atoms with Gasteiger partial charge in [0.25, 0.3) is 0 Å². The van der Waals surface area contributed by atoms with E-state index < -0.39 is 35.8 Å². The summed E-state index contributed by atoms with van der Waals surface area (Å²) in [5.74, 6) is -0.601. The maximum Gasteiger partial charge on any atom is 0.410 e. The molecule has 0 aliphatic carbocycles. The SMILES string of the molecule is CC(C)CC(NC(=O)OC(C)(C)C)C(=O)NC1CCC(C)N(C(=O)OCc2ccccc2)CC1=O. The quantitative estimate of drug-likeness (QED) is 0.602. The number of Topliss-reactive ketones (excluding diaryl/α,β-unsaturated/α-hetero) is 1. The largest absolute Gasteiger partial charge is 0.445 e. The van der Waals surface area contributed by atoms with Gasteiger partial charge in [-0.3, -0.25) is 14.5 Å². The standard InChI is InChI=1S/C26H39N3O6/c1-17(2)14-21(28-24(32)35-26(4,5)6)23(31)27-20-13-12-18(3)29(15-22(20)30)25(33)34-16-19-10-8-7-9-11-19/h7-11,17-18,20-21H,12-16H2,1-6H3,(H,27,31)(H,28,32). The Morgan fingerprint density at radius 1 is 1.11 bits per heavy atom. The van der Waals surface area contributed by atoms with Crippen molar-refractivity contribution in [2.75, 3.05) is 6.54 Å². The molecule has 35 heavy (non-hydrogen) atoms.